The number of nitrogens with one attached hydrogen (secondary N) is 2. The van der Waals surface area contributed by atoms with Crippen molar-refractivity contribution in [3.8, 4) is 23.0 Å². The Labute approximate surface area is 197 Å². The van der Waals surface area contributed by atoms with Crippen molar-refractivity contribution in [3.63, 3.8) is 0 Å². The van der Waals surface area contributed by atoms with E-state index in [-0.39, 0.29) is 12.1 Å². The lowest BCUT2D eigenvalue weighted by Crippen LogP contribution is -2.39. The number of imidazole rings is 1. The van der Waals surface area contributed by atoms with Crippen molar-refractivity contribution < 1.29 is 28.5 Å². The minimum absolute atomic E-state index is 0.250. The zero-order valence-corrected chi connectivity index (χ0v) is 19.7. The van der Waals surface area contributed by atoms with E-state index < -0.39 is 17.9 Å². The van der Waals surface area contributed by atoms with Gasteiger partial charge in [-0.3, -0.25) is 9.59 Å². The second-order valence-corrected chi connectivity index (χ2v) is 7.27. The van der Waals surface area contributed by atoms with Crippen LogP contribution in [-0.4, -0.2) is 56.3 Å². The van der Waals surface area contributed by atoms with Gasteiger partial charge in [-0.15, -0.1) is 0 Å². The molecule has 1 unspecified atom stereocenters. The highest BCUT2D eigenvalue weighted by atomic mass is 16.5. The number of aromatic nitrogens is 2. The van der Waals surface area contributed by atoms with E-state index in [4.69, 9.17) is 18.9 Å². The van der Waals surface area contributed by atoms with E-state index in [2.05, 4.69) is 15.6 Å². The molecule has 180 valence electrons. The first-order valence-corrected chi connectivity index (χ1v) is 10.4. The van der Waals surface area contributed by atoms with Gasteiger partial charge in [0.1, 0.15) is 17.6 Å². The molecule has 0 aliphatic carbocycles. The summed E-state index contributed by atoms with van der Waals surface area (Å²) in [5, 5.41) is 5.56. The summed E-state index contributed by atoms with van der Waals surface area (Å²) in [7, 11) is 7.82. The number of amides is 2. The van der Waals surface area contributed by atoms with Crippen LogP contribution in [0.15, 0.2) is 48.8 Å². The molecule has 0 fully saturated rings. The molecule has 1 heterocycles. The van der Waals surface area contributed by atoms with Crippen LogP contribution >= 0.6 is 0 Å². The Bertz CT molecular complexity index is 1130. The van der Waals surface area contributed by atoms with Gasteiger partial charge in [-0.2, -0.15) is 0 Å². The van der Waals surface area contributed by atoms with Crippen molar-refractivity contribution in [2.75, 3.05) is 35.0 Å². The standard InChI is InChI=1S/C24H28N4O6/c1-28-10-9-25-23(28)21(15-7-6-8-17(11-15)31-2)27-20(29)14-26-24(30)16-12-18(32-3)22(34-5)19(13-16)33-4/h6-13,21H,14H2,1-5H3,(H,26,30)(H,27,29). The van der Waals surface area contributed by atoms with Crippen molar-refractivity contribution >= 4 is 11.8 Å². The van der Waals surface area contributed by atoms with Gasteiger partial charge in [-0.1, -0.05) is 12.1 Å². The Morgan fingerprint density at radius 1 is 1.00 bits per heavy atom. The van der Waals surface area contributed by atoms with Gasteiger partial charge in [0.2, 0.25) is 11.7 Å². The molecular weight excluding hydrogens is 440 g/mol. The second-order valence-electron chi connectivity index (χ2n) is 7.27. The normalized spacial score (nSPS) is 11.3. The van der Waals surface area contributed by atoms with Crippen LogP contribution in [0.3, 0.4) is 0 Å². The number of benzene rings is 2. The molecule has 3 aromatic rings. The SMILES string of the molecule is COc1cccc(C(NC(=O)CNC(=O)c2cc(OC)c(OC)c(OC)c2)c2nccn2C)c1. The van der Waals surface area contributed by atoms with Gasteiger partial charge in [0.05, 0.1) is 35.0 Å². The number of hydrogen-bond acceptors (Lipinski definition) is 7. The number of carbonyl (C=O) groups excluding carboxylic acids is 2. The molecule has 2 aromatic carbocycles. The number of aryl methyl sites for hydroxylation is 1. The van der Waals surface area contributed by atoms with E-state index >= 15 is 0 Å². The van der Waals surface area contributed by atoms with Crippen molar-refractivity contribution in [2.45, 2.75) is 6.04 Å². The van der Waals surface area contributed by atoms with Gasteiger partial charge in [-0.05, 0) is 29.8 Å². The zero-order valence-electron chi connectivity index (χ0n) is 19.7. The first-order valence-electron chi connectivity index (χ1n) is 10.4. The summed E-state index contributed by atoms with van der Waals surface area (Å²) < 4.78 is 23.0. The zero-order chi connectivity index (χ0) is 24.7. The summed E-state index contributed by atoms with van der Waals surface area (Å²) in [5.74, 6) is 1.48. The van der Waals surface area contributed by atoms with Crippen LogP contribution < -0.4 is 29.6 Å². The highest BCUT2D eigenvalue weighted by molar-refractivity contribution is 5.97. The second kappa shape index (κ2) is 11.1. The lowest BCUT2D eigenvalue weighted by Gasteiger charge is -2.20. The van der Waals surface area contributed by atoms with Crippen molar-refractivity contribution in [1.82, 2.24) is 20.2 Å². The maximum atomic E-state index is 12.8. The molecule has 0 saturated heterocycles. The van der Waals surface area contributed by atoms with Crippen LogP contribution in [0.5, 0.6) is 23.0 Å². The van der Waals surface area contributed by atoms with E-state index in [1.165, 1.54) is 33.5 Å². The molecule has 2 N–H and O–H groups in total. The van der Waals surface area contributed by atoms with Crippen molar-refractivity contribution in [1.29, 1.82) is 0 Å². The Morgan fingerprint density at radius 2 is 1.71 bits per heavy atom. The predicted molar refractivity (Wildman–Crippen MR) is 125 cm³/mol. The largest absolute Gasteiger partial charge is 0.497 e. The van der Waals surface area contributed by atoms with E-state index in [1.807, 2.05) is 35.9 Å². The van der Waals surface area contributed by atoms with E-state index in [0.717, 1.165) is 5.56 Å². The first kappa shape index (κ1) is 24.4. The molecule has 34 heavy (non-hydrogen) atoms. The fraction of sp³-hybridized carbons (Fsp3) is 0.292. The Balaban J connectivity index is 1.75. The number of rotatable bonds is 10. The number of methoxy groups -OCH3 is 4. The third kappa shape index (κ3) is 5.40. The highest BCUT2D eigenvalue weighted by Crippen LogP contribution is 2.38. The smallest absolute Gasteiger partial charge is 0.251 e. The Morgan fingerprint density at radius 3 is 2.26 bits per heavy atom. The molecular formula is C24H28N4O6. The molecule has 0 bridgehead atoms. The molecule has 0 aliphatic heterocycles. The van der Waals surface area contributed by atoms with Gasteiger partial charge in [0, 0.05) is 25.0 Å². The Hall–Kier alpha value is -4.21. The van der Waals surface area contributed by atoms with E-state index in [9.17, 15) is 9.59 Å². The van der Waals surface area contributed by atoms with E-state index in [1.54, 1.807) is 19.5 Å². The van der Waals surface area contributed by atoms with Gasteiger partial charge in [0.25, 0.3) is 5.91 Å². The average molecular weight is 469 g/mol. The summed E-state index contributed by atoms with van der Waals surface area (Å²) in [6.45, 7) is -0.250. The topological polar surface area (TPSA) is 113 Å². The number of hydrogen-bond donors (Lipinski definition) is 2. The highest BCUT2D eigenvalue weighted by Gasteiger charge is 2.22. The molecule has 0 radical (unpaired) electrons. The van der Waals surface area contributed by atoms with Gasteiger partial charge in [-0.25, -0.2) is 4.98 Å². The molecule has 2 amide bonds. The monoisotopic (exact) mass is 468 g/mol. The Kier molecular flexibility index (Phi) is 7.96. The summed E-state index contributed by atoms with van der Waals surface area (Å²) in [6, 6.07) is 9.84. The first-order chi connectivity index (χ1) is 16.4. The fourth-order valence-corrected chi connectivity index (χ4v) is 3.46. The third-order valence-electron chi connectivity index (χ3n) is 5.19. The summed E-state index contributed by atoms with van der Waals surface area (Å²) >= 11 is 0. The molecule has 3 rings (SSSR count). The lowest BCUT2D eigenvalue weighted by molar-refractivity contribution is -0.120. The molecule has 1 atom stereocenters. The minimum atomic E-state index is -0.541. The predicted octanol–water partition coefficient (Wildman–Crippen LogP) is 2.09. The maximum Gasteiger partial charge on any atom is 0.251 e. The van der Waals surface area contributed by atoms with Crippen molar-refractivity contribution in [2.24, 2.45) is 7.05 Å². The van der Waals surface area contributed by atoms with Gasteiger partial charge < -0.3 is 34.1 Å². The number of ether oxygens (including phenoxy) is 4. The van der Waals surface area contributed by atoms with Crippen LogP contribution in [0.1, 0.15) is 27.8 Å². The third-order valence-corrected chi connectivity index (χ3v) is 5.19. The quantitative estimate of drug-likeness (QED) is 0.468. The summed E-state index contributed by atoms with van der Waals surface area (Å²) in [4.78, 5) is 29.9. The molecule has 0 aliphatic rings. The molecule has 10 heteroatoms. The van der Waals surface area contributed by atoms with Crippen molar-refractivity contribution in [3.05, 3.63) is 65.7 Å². The molecule has 1 aromatic heterocycles. The van der Waals surface area contributed by atoms with E-state index in [0.29, 0.717) is 28.8 Å². The van der Waals surface area contributed by atoms with Crippen LogP contribution in [0.4, 0.5) is 0 Å². The maximum absolute atomic E-state index is 12.8. The number of carbonyl (C=O) groups is 2. The van der Waals surface area contributed by atoms with Gasteiger partial charge >= 0.3 is 0 Å². The average Bonchev–Trinajstić information content (AvgIpc) is 3.30. The lowest BCUT2D eigenvalue weighted by atomic mass is 10.1. The number of nitrogens with zero attached hydrogens (tertiary/aromatic N) is 2. The van der Waals surface area contributed by atoms with Crippen LogP contribution in [0.2, 0.25) is 0 Å². The molecule has 10 nitrogen and oxygen atoms in total. The fourth-order valence-electron chi connectivity index (χ4n) is 3.46. The van der Waals surface area contributed by atoms with Crippen LogP contribution in [0, 0.1) is 0 Å². The summed E-state index contributed by atoms with van der Waals surface area (Å²) in [5.41, 5.74) is 1.05. The molecule has 0 saturated carbocycles. The summed E-state index contributed by atoms with van der Waals surface area (Å²) in [6.07, 6.45) is 3.45. The minimum Gasteiger partial charge on any atom is -0.497 e. The molecule has 0 spiro atoms. The van der Waals surface area contributed by atoms with Gasteiger partial charge in [0.15, 0.2) is 11.5 Å². The van der Waals surface area contributed by atoms with Crippen LogP contribution in [-0.2, 0) is 11.8 Å². The van der Waals surface area contributed by atoms with Crippen LogP contribution in [0.25, 0.3) is 0 Å².